The number of carbonyl (C=O) groups is 2. The molecule has 0 aliphatic carbocycles. The number of carbonyl (C=O) groups excluding carboxylic acids is 2. The minimum absolute atomic E-state index is 0.0139. The molecule has 1 aromatic carbocycles. The molecule has 0 aliphatic heterocycles. The standard InChI is InChI=1S/C15H22N2O5S/c1-5-17(6-2)14(18)11-16(3)23(20,21)13-9-7-12(8-10-13)15(19)22-4/h7-10H,5-6,11H2,1-4H3. The summed E-state index contributed by atoms with van der Waals surface area (Å²) in [6, 6.07) is 5.39. The van der Waals surface area contributed by atoms with E-state index in [1.165, 1.54) is 38.4 Å². The van der Waals surface area contributed by atoms with Gasteiger partial charge in [0.2, 0.25) is 15.9 Å². The maximum Gasteiger partial charge on any atom is 0.337 e. The summed E-state index contributed by atoms with van der Waals surface area (Å²) >= 11 is 0. The number of esters is 1. The molecular weight excluding hydrogens is 320 g/mol. The van der Waals surface area contributed by atoms with E-state index in [1.54, 1.807) is 4.90 Å². The molecular formula is C15H22N2O5S. The van der Waals surface area contributed by atoms with E-state index in [0.717, 1.165) is 4.31 Å². The molecule has 0 saturated carbocycles. The highest BCUT2D eigenvalue weighted by atomic mass is 32.2. The topological polar surface area (TPSA) is 84.0 Å². The van der Waals surface area contributed by atoms with Crippen molar-refractivity contribution >= 4 is 21.9 Å². The third-order valence-corrected chi connectivity index (χ3v) is 5.28. The van der Waals surface area contributed by atoms with Crippen LogP contribution < -0.4 is 0 Å². The van der Waals surface area contributed by atoms with E-state index < -0.39 is 16.0 Å². The van der Waals surface area contributed by atoms with Gasteiger partial charge in [0.15, 0.2) is 0 Å². The van der Waals surface area contributed by atoms with Crippen molar-refractivity contribution in [3.05, 3.63) is 29.8 Å². The lowest BCUT2D eigenvalue weighted by Gasteiger charge is -2.23. The first-order valence-corrected chi connectivity index (χ1v) is 8.64. The van der Waals surface area contributed by atoms with Crippen molar-refractivity contribution in [2.75, 3.05) is 33.8 Å². The molecule has 0 aliphatic rings. The van der Waals surface area contributed by atoms with E-state index in [4.69, 9.17) is 0 Å². The molecule has 0 unspecified atom stereocenters. The molecule has 0 atom stereocenters. The molecule has 7 nitrogen and oxygen atoms in total. The number of ether oxygens (including phenoxy) is 1. The van der Waals surface area contributed by atoms with Crippen molar-refractivity contribution in [1.29, 1.82) is 0 Å². The summed E-state index contributed by atoms with van der Waals surface area (Å²) < 4.78 is 30.5. The van der Waals surface area contributed by atoms with Crippen LogP contribution in [-0.2, 0) is 19.6 Å². The SMILES string of the molecule is CCN(CC)C(=O)CN(C)S(=O)(=O)c1ccc(C(=O)OC)cc1. The van der Waals surface area contributed by atoms with Crippen LogP contribution >= 0.6 is 0 Å². The van der Waals surface area contributed by atoms with Crippen LogP contribution in [0.15, 0.2) is 29.2 Å². The Bertz CT molecular complexity index is 651. The number of amides is 1. The van der Waals surface area contributed by atoms with Crippen molar-refractivity contribution in [1.82, 2.24) is 9.21 Å². The highest BCUT2D eigenvalue weighted by Crippen LogP contribution is 2.16. The summed E-state index contributed by atoms with van der Waals surface area (Å²) in [5.74, 6) is -0.800. The minimum Gasteiger partial charge on any atom is -0.465 e. The second-order valence-corrected chi connectivity index (χ2v) is 6.89. The van der Waals surface area contributed by atoms with Crippen LogP contribution in [-0.4, -0.2) is 63.3 Å². The molecule has 0 saturated heterocycles. The third-order valence-electron chi connectivity index (χ3n) is 3.46. The highest BCUT2D eigenvalue weighted by molar-refractivity contribution is 7.89. The zero-order valence-electron chi connectivity index (χ0n) is 13.8. The van der Waals surface area contributed by atoms with Gasteiger partial charge in [-0.3, -0.25) is 4.79 Å². The lowest BCUT2D eigenvalue weighted by atomic mass is 10.2. The second-order valence-electron chi connectivity index (χ2n) is 4.84. The van der Waals surface area contributed by atoms with E-state index in [-0.39, 0.29) is 22.9 Å². The van der Waals surface area contributed by atoms with Crippen LogP contribution in [0.25, 0.3) is 0 Å². The van der Waals surface area contributed by atoms with Gasteiger partial charge in [0, 0.05) is 20.1 Å². The van der Waals surface area contributed by atoms with Crippen LogP contribution in [0, 0.1) is 0 Å². The molecule has 8 heteroatoms. The van der Waals surface area contributed by atoms with Gasteiger partial charge < -0.3 is 9.64 Å². The van der Waals surface area contributed by atoms with Crippen molar-refractivity contribution in [3.8, 4) is 0 Å². The Labute approximate surface area is 136 Å². The summed E-state index contributed by atoms with van der Waals surface area (Å²) in [4.78, 5) is 25.0. The Morgan fingerprint density at radius 2 is 1.61 bits per heavy atom. The number of sulfonamides is 1. The van der Waals surface area contributed by atoms with Crippen molar-refractivity contribution in [2.45, 2.75) is 18.7 Å². The molecule has 1 rings (SSSR count). The predicted octanol–water partition coefficient (Wildman–Crippen LogP) is 0.962. The number of methoxy groups -OCH3 is 1. The molecule has 0 heterocycles. The zero-order valence-corrected chi connectivity index (χ0v) is 14.6. The van der Waals surface area contributed by atoms with Gasteiger partial charge in [-0.15, -0.1) is 0 Å². The first-order chi connectivity index (χ1) is 10.8. The lowest BCUT2D eigenvalue weighted by molar-refractivity contribution is -0.130. The van der Waals surface area contributed by atoms with E-state index in [1.807, 2.05) is 13.8 Å². The molecule has 0 spiro atoms. The number of benzene rings is 1. The van der Waals surface area contributed by atoms with Crippen molar-refractivity contribution in [2.24, 2.45) is 0 Å². The summed E-state index contributed by atoms with van der Waals surface area (Å²) in [5, 5.41) is 0. The van der Waals surface area contributed by atoms with Crippen LogP contribution in [0.3, 0.4) is 0 Å². The average molecular weight is 342 g/mol. The van der Waals surface area contributed by atoms with E-state index >= 15 is 0 Å². The number of likely N-dealkylation sites (N-methyl/N-ethyl adjacent to an activating group) is 2. The van der Waals surface area contributed by atoms with E-state index in [0.29, 0.717) is 13.1 Å². The van der Waals surface area contributed by atoms with Gasteiger partial charge in [0.05, 0.1) is 24.1 Å². The molecule has 23 heavy (non-hydrogen) atoms. The smallest absolute Gasteiger partial charge is 0.337 e. The molecule has 0 radical (unpaired) electrons. The number of hydrogen-bond donors (Lipinski definition) is 0. The number of rotatable bonds is 7. The van der Waals surface area contributed by atoms with Crippen LogP contribution in [0.4, 0.5) is 0 Å². The van der Waals surface area contributed by atoms with Gasteiger partial charge in [-0.05, 0) is 38.1 Å². The largest absolute Gasteiger partial charge is 0.465 e. The normalized spacial score (nSPS) is 11.3. The van der Waals surface area contributed by atoms with E-state index in [9.17, 15) is 18.0 Å². The number of hydrogen-bond acceptors (Lipinski definition) is 5. The lowest BCUT2D eigenvalue weighted by Crippen LogP contribution is -2.40. The van der Waals surface area contributed by atoms with Gasteiger partial charge >= 0.3 is 5.97 Å². The Morgan fingerprint density at radius 3 is 2.04 bits per heavy atom. The first-order valence-electron chi connectivity index (χ1n) is 7.20. The Morgan fingerprint density at radius 1 is 1.09 bits per heavy atom. The van der Waals surface area contributed by atoms with Crippen LogP contribution in [0.1, 0.15) is 24.2 Å². The van der Waals surface area contributed by atoms with Crippen molar-refractivity contribution < 1.29 is 22.7 Å². The van der Waals surface area contributed by atoms with Gasteiger partial charge in [-0.1, -0.05) is 0 Å². The molecule has 0 aromatic heterocycles. The summed E-state index contributed by atoms with van der Waals surface area (Å²) in [6.45, 7) is 4.49. The van der Waals surface area contributed by atoms with E-state index in [2.05, 4.69) is 4.74 Å². The summed E-state index contributed by atoms with van der Waals surface area (Å²) in [6.07, 6.45) is 0. The fourth-order valence-electron chi connectivity index (χ4n) is 2.01. The maximum absolute atomic E-state index is 12.5. The zero-order chi connectivity index (χ0) is 17.6. The summed E-state index contributed by atoms with van der Waals surface area (Å²) in [7, 11) is -1.20. The Kier molecular flexibility index (Phi) is 6.71. The van der Waals surface area contributed by atoms with Gasteiger partial charge in [-0.2, -0.15) is 4.31 Å². The molecule has 1 aromatic rings. The Hall–Kier alpha value is -1.93. The predicted molar refractivity (Wildman–Crippen MR) is 85.5 cm³/mol. The van der Waals surface area contributed by atoms with Gasteiger partial charge in [0.25, 0.3) is 0 Å². The minimum atomic E-state index is -3.80. The fourth-order valence-corrected chi connectivity index (χ4v) is 3.13. The van der Waals surface area contributed by atoms with Gasteiger partial charge in [-0.25, -0.2) is 13.2 Å². The monoisotopic (exact) mass is 342 g/mol. The molecule has 1 amide bonds. The maximum atomic E-state index is 12.5. The molecule has 0 fully saturated rings. The van der Waals surface area contributed by atoms with Crippen LogP contribution in [0.5, 0.6) is 0 Å². The summed E-state index contributed by atoms with van der Waals surface area (Å²) in [5.41, 5.74) is 0.258. The molecule has 0 N–H and O–H groups in total. The fraction of sp³-hybridized carbons (Fsp3) is 0.467. The Balaban J connectivity index is 2.93. The molecule has 128 valence electrons. The van der Waals surface area contributed by atoms with Crippen LogP contribution in [0.2, 0.25) is 0 Å². The highest BCUT2D eigenvalue weighted by Gasteiger charge is 2.24. The van der Waals surface area contributed by atoms with Crippen molar-refractivity contribution in [3.63, 3.8) is 0 Å². The number of nitrogens with zero attached hydrogens (tertiary/aromatic N) is 2. The quantitative estimate of drug-likeness (QED) is 0.689. The van der Waals surface area contributed by atoms with Gasteiger partial charge in [0.1, 0.15) is 0 Å². The molecule has 0 bridgehead atoms. The second kappa shape index (κ2) is 8.07. The average Bonchev–Trinajstić information content (AvgIpc) is 2.55. The first kappa shape index (κ1) is 19.1. The third kappa shape index (κ3) is 4.52.